The van der Waals surface area contributed by atoms with E-state index in [-0.39, 0.29) is 16.9 Å². The summed E-state index contributed by atoms with van der Waals surface area (Å²) in [7, 11) is 0. The summed E-state index contributed by atoms with van der Waals surface area (Å²) in [6.45, 7) is 6.68. The van der Waals surface area contributed by atoms with Crippen molar-refractivity contribution in [1.29, 1.82) is 0 Å². The van der Waals surface area contributed by atoms with Gasteiger partial charge in [-0.25, -0.2) is 0 Å². The summed E-state index contributed by atoms with van der Waals surface area (Å²) in [4.78, 5) is 22.5. The van der Waals surface area contributed by atoms with Crippen LogP contribution >= 0.6 is 0 Å². The van der Waals surface area contributed by atoms with Gasteiger partial charge < -0.3 is 5.32 Å². The quantitative estimate of drug-likeness (QED) is 0.485. The highest BCUT2D eigenvalue weighted by Gasteiger charge is 2.33. The first-order valence-corrected chi connectivity index (χ1v) is 8.06. The first-order chi connectivity index (χ1) is 10.8. The Bertz CT molecular complexity index is 635. The van der Waals surface area contributed by atoms with Crippen LogP contribution in [0.15, 0.2) is 36.0 Å². The molecule has 1 aliphatic rings. The molecule has 0 aliphatic heterocycles. The van der Waals surface area contributed by atoms with Crippen LogP contribution in [0, 0.1) is 21.4 Å². The van der Waals surface area contributed by atoms with Crippen LogP contribution in [0.2, 0.25) is 0 Å². The second kappa shape index (κ2) is 6.94. The molecule has 0 bridgehead atoms. The van der Waals surface area contributed by atoms with Crippen molar-refractivity contribution in [2.75, 3.05) is 5.32 Å². The Morgan fingerprint density at radius 2 is 2.17 bits per heavy atom. The maximum atomic E-state index is 12.1. The van der Waals surface area contributed by atoms with E-state index in [9.17, 15) is 14.9 Å². The van der Waals surface area contributed by atoms with Crippen molar-refractivity contribution in [1.82, 2.24) is 0 Å². The molecule has 0 aromatic heterocycles. The van der Waals surface area contributed by atoms with Crippen molar-refractivity contribution >= 4 is 17.2 Å². The van der Waals surface area contributed by atoms with Gasteiger partial charge in [0.25, 0.3) is 5.69 Å². The zero-order valence-electron chi connectivity index (χ0n) is 14.0. The first kappa shape index (κ1) is 17.2. The van der Waals surface area contributed by atoms with Gasteiger partial charge >= 0.3 is 0 Å². The largest absolute Gasteiger partial charge is 0.361 e. The number of nitro groups is 1. The molecule has 23 heavy (non-hydrogen) atoms. The fourth-order valence-electron chi connectivity index (χ4n) is 2.92. The number of benzene rings is 1. The number of hydrogen-bond donors (Lipinski definition) is 1. The lowest BCUT2D eigenvalue weighted by atomic mass is 9.68. The number of anilines is 1. The van der Waals surface area contributed by atoms with E-state index in [0.29, 0.717) is 18.0 Å². The summed E-state index contributed by atoms with van der Waals surface area (Å²) in [5.74, 6) is 0.662. The summed E-state index contributed by atoms with van der Waals surface area (Å²) in [6.07, 6.45) is 5.09. The highest BCUT2D eigenvalue weighted by Crippen LogP contribution is 2.41. The number of Topliss-reactive ketones (excluding diaryl/α,β-unsaturated/α-hetero) is 1. The number of carbonyl (C=O) groups excluding carboxylic acids is 1. The average molecular weight is 316 g/mol. The second-order valence-corrected chi connectivity index (χ2v) is 6.83. The Balaban J connectivity index is 2.13. The summed E-state index contributed by atoms with van der Waals surface area (Å²) < 4.78 is 0. The van der Waals surface area contributed by atoms with E-state index in [1.165, 1.54) is 12.1 Å². The van der Waals surface area contributed by atoms with Crippen molar-refractivity contribution in [2.24, 2.45) is 11.3 Å². The van der Waals surface area contributed by atoms with Gasteiger partial charge in [0.1, 0.15) is 0 Å². The van der Waals surface area contributed by atoms with Crippen molar-refractivity contribution in [3.8, 4) is 0 Å². The van der Waals surface area contributed by atoms with E-state index in [1.807, 2.05) is 0 Å². The molecule has 1 fully saturated rings. The molecule has 0 radical (unpaired) electrons. The molecule has 0 amide bonds. The molecule has 1 aliphatic carbocycles. The number of rotatable bonds is 5. The van der Waals surface area contributed by atoms with Crippen LogP contribution in [0.3, 0.4) is 0 Å². The lowest BCUT2D eigenvalue weighted by molar-refractivity contribution is -0.384. The number of nitrogens with zero attached hydrogens (tertiary/aromatic N) is 1. The minimum atomic E-state index is -0.427. The van der Waals surface area contributed by atoms with Crippen LogP contribution in [0.5, 0.6) is 0 Å². The second-order valence-electron chi connectivity index (χ2n) is 6.83. The van der Waals surface area contributed by atoms with E-state index in [1.54, 1.807) is 18.3 Å². The maximum Gasteiger partial charge on any atom is 0.271 e. The molecule has 1 N–H and O–H groups in total. The molecule has 1 saturated carbocycles. The van der Waals surface area contributed by atoms with E-state index in [2.05, 4.69) is 26.1 Å². The van der Waals surface area contributed by atoms with Crippen molar-refractivity contribution in [2.45, 2.75) is 46.5 Å². The van der Waals surface area contributed by atoms with Crippen LogP contribution in [0.1, 0.15) is 46.5 Å². The van der Waals surface area contributed by atoms with Crippen LogP contribution in [0.25, 0.3) is 0 Å². The van der Waals surface area contributed by atoms with Crippen LogP contribution in [0.4, 0.5) is 11.4 Å². The summed E-state index contributed by atoms with van der Waals surface area (Å²) in [6, 6.07) is 6.30. The molecule has 2 rings (SSSR count). The van der Waals surface area contributed by atoms with Gasteiger partial charge in [-0.3, -0.25) is 14.9 Å². The van der Waals surface area contributed by atoms with Crippen LogP contribution < -0.4 is 5.32 Å². The molecule has 124 valence electrons. The van der Waals surface area contributed by atoms with Crippen molar-refractivity contribution < 1.29 is 9.72 Å². The smallest absolute Gasteiger partial charge is 0.271 e. The highest BCUT2D eigenvalue weighted by molar-refractivity contribution is 5.96. The number of hydrogen-bond acceptors (Lipinski definition) is 4. The monoisotopic (exact) mass is 316 g/mol. The minimum absolute atomic E-state index is 0.0355. The summed E-state index contributed by atoms with van der Waals surface area (Å²) >= 11 is 0. The molecule has 5 heteroatoms. The number of non-ortho nitro benzene ring substituents is 1. The number of allylic oxidation sites excluding steroid dienone is 1. The topological polar surface area (TPSA) is 72.2 Å². The van der Waals surface area contributed by atoms with E-state index in [4.69, 9.17) is 0 Å². The Hall–Kier alpha value is -2.17. The van der Waals surface area contributed by atoms with Crippen molar-refractivity contribution in [3.63, 3.8) is 0 Å². The number of carbonyl (C=O) groups is 1. The van der Waals surface area contributed by atoms with Crippen LogP contribution in [-0.4, -0.2) is 10.7 Å². The molecule has 1 aromatic carbocycles. The summed E-state index contributed by atoms with van der Waals surface area (Å²) in [5.41, 5.74) is 1.66. The highest BCUT2D eigenvalue weighted by atomic mass is 16.6. The van der Waals surface area contributed by atoms with E-state index < -0.39 is 4.92 Å². The normalized spacial score (nSPS) is 20.6. The molecule has 5 nitrogen and oxygen atoms in total. The van der Waals surface area contributed by atoms with Crippen LogP contribution in [-0.2, 0) is 4.79 Å². The fraction of sp³-hybridized carbons (Fsp3) is 0.500. The zero-order chi connectivity index (χ0) is 17.0. The molecule has 0 spiro atoms. The third-order valence-electron chi connectivity index (χ3n) is 5.03. The minimum Gasteiger partial charge on any atom is -0.361 e. The molecular weight excluding hydrogens is 292 g/mol. The number of nitrogens with one attached hydrogen (secondary N) is 1. The average Bonchev–Trinajstić information content (AvgIpc) is 2.54. The van der Waals surface area contributed by atoms with Gasteiger partial charge in [0, 0.05) is 36.0 Å². The van der Waals surface area contributed by atoms with Crippen molar-refractivity contribution in [3.05, 3.63) is 46.2 Å². The fourth-order valence-corrected chi connectivity index (χ4v) is 2.92. The third kappa shape index (κ3) is 4.18. The Morgan fingerprint density at radius 3 is 2.83 bits per heavy atom. The van der Waals surface area contributed by atoms with E-state index >= 15 is 0 Å². The molecule has 0 heterocycles. The van der Waals surface area contributed by atoms with Gasteiger partial charge in [-0.2, -0.15) is 0 Å². The summed E-state index contributed by atoms with van der Waals surface area (Å²) in [5, 5.41) is 13.8. The Labute approximate surface area is 136 Å². The standard InChI is InChI=1S/C18H24N2O3/c1-4-18(2,3)14-8-9-17(21)13(10-14)12-19-15-6-5-7-16(11-15)20(22)23/h5-7,11-12,14,19H,4,8-10H2,1-3H3/b13-12+/t14-/m1/s1. The lowest BCUT2D eigenvalue weighted by Gasteiger charge is -2.36. The number of ketones is 1. The van der Waals surface area contributed by atoms with Gasteiger partial charge in [0.05, 0.1) is 4.92 Å². The van der Waals surface area contributed by atoms with E-state index in [0.717, 1.165) is 24.8 Å². The predicted molar refractivity (Wildman–Crippen MR) is 91.2 cm³/mol. The SMILES string of the molecule is CCC(C)(C)[C@@H]1CCC(=O)/C(=C/Nc2cccc([N+](=O)[O-])c2)C1. The number of nitro benzene ring substituents is 1. The lowest BCUT2D eigenvalue weighted by Crippen LogP contribution is -2.29. The van der Waals surface area contributed by atoms with Gasteiger partial charge in [-0.05, 0) is 30.2 Å². The molecule has 1 atom stereocenters. The van der Waals surface area contributed by atoms with Gasteiger partial charge in [0.15, 0.2) is 5.78 Å². The first-order valence-electron chi connectivity index (χ1n) is 8.06. The zero-order valence-corrected chi connectivity index (χ0v) is 14.0. The maximum absolute atomic E-state index is 12.1. The molecular formula is C18H24N2O3. The van der Waals surface area contributed by atoms with Gasteiger partial charge in [-0.1, -0.05) is 33.3 Å². The van der Waals surface area contributed by atoms with Gasteiger partial charge in [0.2, 0.25) is 0 Å². The Kier molecular flexibility index (Phi) is 5.19. The Morgan fingerprint density at radius 1 is 1.43 bits per heavy atom. The third-order valence-corrected chi connectivity index (χ3v) is 5.03. The molecule has 0 unspecified atom stereocenters. The van der Waals surface area contributed by atoms with Gasteiger partial charge in [-0.15, -0.1) is 0 Å². The predicted octanol–water partition coefficient (Wildman–Crippen LogP) is 4.70. The molecule has 0 saturated heterocycles. The molecule has 1 aromatic rings.